The predicted molar refractivity (Wildman–Crippen MR) is 118 cm³/mol. The van der Waals surface area contributed by atoms with Gasteiger partial charge in [-0.25, -0.2) is 4.98 Å². The molecule has 3 heterocycles. The van der Waals surface area contributed by atoms with Crippen molar-refractivity contribution in [1.29, 1.82) is 0 Å². The summed E-state index contributed by atoms with van der Waals surface area (Å²) < 4.78 is 0. The molecule has 5 rings (SSSR count). The number of likely N-dealkylation sites (tertiary alicyclic amines) is 1. The maximum absolute atomic E-state index is 12.8. The molecular weight excluding hydrogens is 396 g/mol. The fraction of sp³-hybridized carbons (Fsp3) is 0.261. The van der Waals surface area contributed by atoms with Crippen molar-refractivity contribution in [2.75, 3.05) is 37.6 Å². The first kappa shape index (κ1) is 19.0. The van der Waals surface area contributed by atoms with E-state index in [1.807, 2.05) is 52.7 Å². The van der Waals surface area contributed by atoms with Crippen LogP contribution in [0.15, 0.2) is 66.2 Å². The Morgan fingerprint density at radius 2 is 1.70 bits per heavy atom. The van der Waals surface area contributed by atoms with Gasteiger partial charge in [-0.1, -0.05) is 42.5 Å². The monoisotopic (exact) mass is 418 g/mol. The van der Waals surface area contributed by atoms with Gasteiger partial charge in [-0.15, -0.1) is 11.3 Å². The van der Waals surface area contributed by atoms with E-state index in [4.69, 9.17) is 0 Å². The minimum atomic E-state index is 0.0543. The van der Waals surface area contributed by atoms with Crippen molar-refractivity contribution < 1.29 is 9.59 Å². The summed E-state index contributed by atoms with van der Waals surface area (Å²) in [5, 5.41) is 2.65. The number of rotatable bonds is 4. The van der Waals surface area contributed by atoms with Gasteiger partial charge < -0.3 is 4.90 Å². The van der Waals surface area contributed by atoms with E-state index in [1.54, 1.807) is 11.1 Å². The highest BCUT2D eigenvalue weighted by Crippen LogP contribution is 2.25. The van der Waals surface area contributed by atoms with Gasteiger partial charge in [0.2, 0.25) is 5.91 Å². The van der Waals surface area contributed by atoms with Crippen LogP contribution in [0.3, 0.4) is 0 Å². The number of thiazole rings is 1. The van der Waals surface area contributed by atoms with E-state index in [-0.39, 0.29) is 17.9 Å². The maximum Gasteiger partial charge on any atom is 0.253 e. The summed E-state index contributed by atoms with van der Waals surface area (Å²) in [6.45, 7) is 3.19. The Labute approximate surface area is 179 Å². The third kappa shape index (κ3) is 3.62. The van der Waals surface area contributed by atoms with Gasteiger partial charge in [-0.2, -0.15) is 0 Å². The fourth-order valence-corrected chi connectivity index (χ4v) is 4.71. The third-order valence-electron chi connectivity index (χ3n) is 5.81. The summed E-state index contributed by atoms with van der Waals surface area (Å²) >= 11 is 1.49. The number of carbonyl (C=O) groups excluding carboxylic acids is 2. The molecule has 0 aliphatic carbocycles. The average Bonchev–Trinajstić information content (AvgIpc) is 3.28. The second-order valence-electron chi connectivity index (χ2n) is 7.64. The summed E-state index contributed by atoms with van der Waals surface area (Å²) in [6, 6.07) is 18.2. The first-order valence-electron chi connectivity index (χ1n) is 10.1. The van der Waals surface area contributed by atoms with Crippen LogP contribution < -0.4 is 4.90 Å². The maximum atomic E-state index is 12.8. The van der Waals surface area contributed by atoms with Crippen LogP contribution >= 0.6 is 11.3 Å². The molecule has 152 valence electrons. The van der Waals surface area contributed by atoms with Crippen LogP contribution in [0, 0.1) is 0 Å². The Balaban J connectivity index is 1.16. The van der Waals surface area contributed by atoms with Crippen LogP contribution in [0.2, 0.25) is 0 Å². The lowest BCUT2D eigenvalue weighted by atomic mass is 10.0. The van der Waals surface area contributed by atoms with E-state index in [2.05, 4.69) is 22.0 Å². The van der Waals surface area contributed by atoms with E-state index >= 15 is 0 Å². The van der Waals surface area contributed by atoms with Crippen LogP contribution in [0.25, 0.3) is 11.1 Å². The van der Waals surface area contributed by atoms with Crippen LogP contribution in [-0.4, -0.2) is 65.4 Å². The van der Waals surface area contributed by atoms with Gasteiger partial charge in [0.25, 0.3) is 5.91 Å². The molecule has 0 radical (unpaired) electrons. The highest BCUT2D eigenvalue weighted by Gasteiger charge is 2.38. The number of piperazine rings is 1. The Morgan fingerprint density at radius 3 is 2.37 bits per heavy atom. The third-order valence-corrected chi connectivity index (χ3v) is 6.60. The SMILES string of the molecule is O=C(c1ccc(-c2ccccc2)cc1)N1CC(N2CCN(c3nccs3)C(=O)C2)C1. The molecule has 2 aliphatic heterocycles. The highest BCUT2D eigenvalue weighted by molar-refractivity contribution is 7.13. The van der Waals surface area contributed by atoms with Gasteiger partial charge in [-0.05, 0) is 23.3 Å². The summed E-state index contributed by atoms with van der Waals surface area (Å²) in [5.41, 5.74) is 2.95. The molecule has 2 aliphatic rings. The average molecular weight is 419 g/mol. The molecule has 2 aromatic carbocycles. The predicted octanol–water partition coefficient (Wildman–Crippen LogP) is 2.98. The normalized spacial score (nSPS) is 17.8. The summed E-state index contributed by atoms with van der Waals surface area (Å²) in [5.74, 6) is 0.135. The Bertz CT molecular complexity index is 1030. The number of hydrogen-bond donors (Lipinski definition) is 0. The van der Waals surface area contributed by atoms with E-state index in [1.165, 1.54) is 11.3 Å². The van der Waals surface area contributed by atoms with Gasteiger partial charge in [0.05, 0.1) is 6.54 Å². The first-order valence-corrected chi connectivity index (χ1v) is 11.0. The molecule has 0 spiro atoms. The molecule has 7 heteroatoms. The molecule has 0 bridgehead atoms. The standard InChI is InChI=1S/C23H22N4O2S/c28-21-16-25(11-12-27(21)23-24-10-13-30-23)20-14-26(15-20)22(29)19-8-6-18(7-9-19)17-4-2-1-3-5-17/h1-10,13,20H,11-12,14-16H2. The van der Waals surface area contributed by atoms with E-state index in [0.29, 0.717) is 31.7 Å². The summed E-state index contributed by atoms with van der Waals surface area (Å²) in [7, 11) is 0. The van der Waals surface area contributed by atoms with Crippen molar-refractivity contribution in [2.45, 2.75) is 6.04 Å². The number of benzene rings is 2. The first-order chi connectivity index (χ1) is 14.7. The number of carbonyl (C=O) groups is 2. The zero-order chi connectivity index (χ0) is 20.5. The Hall–Kier alpha value is -3.03. The van der Waals surface area contributed by atoms with Crippen molar-refractivity contribution >= 4 is 28.3 Å². The van der Waals surface area contributed by atoms with E-state index < -0.39 is 0 Å². The van der Waals surface area contributed by atoms with Gasteiger partial charge in [0.1, 0.15) is 0 Å². The van der Waals surface area contributed by atoms with Crippen molar-refractivity contribution in [2.24, 2.45) is 0 Å². The summed E-state index contributed by atoms with van der Waals surface area (Å²) in [4.78, 5) is 35.4. The molecule has 1 aromatic heterocycles. The quantitative estimate of drug-likeness (QED) is 0.654. The fourth-order valence-electron chi connectivity index (χ4n) is 4.03. The highest BCUT2D eigenvalue weighted by atomic mass is 32.1. The van der Waals surface area contributed by atoms with Crippen LogP contribution in [-0.2, 0) is 4.79 Å². The lowest BCUT2D eigenvalue weighted by Crippen LogP contribution is -2.65. The molecule has 0 saturated carbocycles. The van der Waals surface area contributed by atoms with Gasteiger partial charge >= 0.3 is 0 Å². The van der Waals surface area contributed by atoms with Crippen molar-refractivity contribution in [1.82, 2.24) is 14.8 Å². The second kappa shape index (κ2) is 8.01. The number of nitrogens with zero attached hydrogens (tertiary/aromatic N) is 4. The lowest BCUT2D eigenvalue weighted by molar-refractivity contribution is -0.123. The van der Waals surface area contributed by atoms with Crippen LogP contribution in [0.4, 0.5) is 5.13 Å². The molecule has 2 fully saturated rings. The second-order valence-corrected chi connectivity index (χ2v) is 8.51. The largest absolute Gasteiger partial charge is 0.335 e. The molecule has 2 saturated heterocycles. The zero-order valence-electron chi connectivity index (χ0n) is 16.5. The van der Waals surface area contributed by atoms with Crippen molar-refractivity contribution in [3.63, 3.8) is 0 Å². The Morgan fingerprint density at radius 1 is 0.967 bits per heavy atom. The Kier molecular flexibility index (Phi) is 5.06. The van der Waals surface area contributed by atoms with E-state index in [9.17, 15) is 9.59 Å². The molecule has 0 N–H and O–H groups in total. The van der Waals surface area contributed by atoms with Crippen molar-refractivity contribution in [3.8, 4) is 11.1 Å². The molecule has 0 unspecified atom stereocenters. The van der Waals surface area contributed by atoms with Crippen LogP contribution in [0.5, 0.6) is 0 Å². The lowest BCUT2D eigenvalue weighted by Gasteiger charge is -2.47. The van der Waals surface area contributed by atoms with Gasteiger partial charge in [-0.3, -0.25) is 19.4 Å². The topological polar surface area (TPSA) is 56.8 Å². The molecular formula is C23H22N4O2S. The smallest absolute Gasteiger partial charge is 0.253 e. The minimum Gasteiger partial charge on any atom is -0.335 e. The number of anilines is 1. The van der Waals surface area contributed by atoms with Crippen LogP contribution in [0.1, 0.15) is 10.4 Å². The molecule has 6 nitrogen and oxygen atoms in total. The van der Waals surface area contributed by atoms with E-state index in [0.717, 1.165) is 22.8 Å². The molecule has 2 amide bonds. The number of hydrogen-bond acceptors (Lipinski definition) is 5. The zero-order valence-corrected chi connectivity index (χ0v) is 17.3. The summed E-state index contributed by atoms with van der Waals surface area (Å²) in [6.07, 6.45) is 1.72. The number of aromatic nitrogens is 1. The minimum absolute atomic E-state index is 0.0543. The number of amides is 2. The molecule has 0 atom stereocenters. The molecule has 30 heavy (non-hydrogen) atoms. The van der Waals surface area contributed by atoms with Gasteiger partial charge in [0.15, 0.2) is 5.13 Å². The van der Waals surface area contributed by atoms with Gasteiger partial charge in [0, 0.05) is 49.4 Å². The van der Waals surface area contributed by atoms with Crippen molar-refractivity contribution in [3.05, 3.63) is 71.7 Å². The molecule has 3 aromatic rings.